The molecule has 1 aromatic rings. The Labute approximate surface area is 119 Å². The number of amides is 1. The van der Waals surface area contributed by atoms with Crippen LogP contribution < -0.4 is 10.1 Å². The summed E-state index contributed by atoms with van der Waals surface area (Å²) in [6.45, 7) is 0.910. The van der Waals surface area contributed by atoms with Gasteiger partial charge >= 0.3 is 0 Å². The summed E-state index contributed by atoms with van der Waals surface area (Å²) >= 11 is 0. The van der Waals surface area contributed by atoms with Gasteiger partial charge in [0, 0.05) is 18.2 Å². The van der Waals surface area contributed by atoms with Crippen molar-refractivity contribution in [3.05, 3.63) is 29.3 Å². The minimum atomic E-state index is 0.0467. The number of methoxy groups -OCH3 is 1. The van der Waals surface area contributed by atoms with Gasteiger partial charge in [-0.1, -0.05) is 0 Å². The van der Waals surface area contributed by atoms with Crippen molar-refractivity contribution in [2.75, 3.05) is 20.7 Å². The maximum atomic E-state index is 11.7. The first-order valence-corrected chi connectivity index (χ1v) is 6.67. The monoisotopic (exact) mass is 273 g/mol. The fraction of sp³-hybridized carbons (Fsp3) is 0.467. The molecule has 1 amide bonds. The molecule has 1 N–H and O–H groups in total. The summed E-state index contributed by atoms with van der Waals surface area (Å²) in [6, 6.07) is 7.80. The van der Waals surface area contributed by atoms with Crippen LogP contribution in [-0.4, -0.2) is 37.6 Å². The molecule has 0 unspecified atom stereocenters. The minimum Gasteiger partial charge on any atom is -0.496 e. The molecule has 1 fully saturated rings. The van der Waals surface area contributed by atoms with E-state index in [2.05, 4.69) is 11.4 Å². The highest BCUT2D eigenvalue weighted by Gasteiger charge is 2.23. The van der Waals surface area contributed by atoms with E-state index in [4.69, 9.17) is 10.00 Å². The summed E-state index contributed by atoms with van der Waals surface area (Å²) < 4.78 is 5.29. The van der Waals surface area contributed by atoms with Gasteiger partial charge in [0.1, 0.15) is 5.75 Å². The Morgan fingerprint density at radius 2 is 2.30 bits per heavy atom. The Bertz CT molecular complexity index is 532. The number of ether oxygens (including phenoxy) is 1. The minimum absolute atomic E-state index is 0.0467. The Kier molecular flexibility index (Phi) is 4.59. The number of likely N-dealkylation sites (N-methyl/N-ethyl adjacent to an activating group) is 1. The molecule has 5 nitrogen and oxygen atoms in total. The van der Waals surface area contributed by atoms with Crippen molar-refractivity contribution in [1.29, 1.82) is 5.26 Å². The molecule has 1 saturated carbocycles. The molecular formula is C15H19N3O2. The Morgan fingerprint density at radius 3 is 2.90 bits per heavy atom. The second kappa shape index (κ2) is 6.40. The van der Waals surface area contributed by atoms with Crippen LogP contribution in [0.2, 0.25) is 0 Å². The zero-order valence-electron chi connectivity index (χ0n) is 11.8. The second-order valence-corrected chi connectivity index (χ2v) is 5.15. The van der Waals surface area contributed by atoms with Crippen molar-refractivity contribution in [3.8, 4) is 11.8 Å². The molecule has 1 aliphatic rings. The van der Waals surface area contributed by atoms with Crippen LogP contribution in [0.25, 0.3) is 0 Å². The normalized spacial score (nSPS) is 13.9. The van der Waals surface area contributed by atoms with Gasteiger partial charge < -0.3 is 10.1 Å². The van der Waals surface area contributed by atoms with Crippen molar-refractivity contribution in [3.63, 3.8) is 0 Å². The number of nitrogens with zero attached hydrogens (tertiary/aromatic N) is 2. The van der Waals surface area contributed by atoms with Gasteiger partial charge in [-0.05, 0) is 38.1 Å². The van der Waals surface area contributed by atoms with Gasteiger partial charge in [-0.25, -0.2) is 0 Å². The number of nitrogens with one attached hydrogen (secondary N) is 1. The van der Waals surface area contributed by atoms with Gasteiger partial charge in [-0.3, -0.25) is 9.69 Å². The van der Waals surface area contributed by atoms with E-state index in [9.17, 15) is 4.79 Å². The molecule has 0 spiro atoms. The summed E-state index contributed by atoms with van der Waals surface area (Å²) in [5, 5.41) is 11.9. The molecule has 2 rings (SSSR count). The highest BCUT2D eigenvalue weighted by atomic mass is 16.5. The summed E-state index contributed by atoms with van der Waals surface area (Å²) in [5.74, 6) is 0.781. The highest BCUT2D eigenvalue weighted by Crippen LogP contribution is 2.21. The first-order chi connectivity index (χ1) is 9.62. The SMILES string of the molecule is COc1ccc(C#N)cc1CN(C)CC(=O)NC1CC1. The molecule has 20 heavy (non-hydrogen) atoms. The number of benzene rings is 1. The van der Waals surface area contributed by atoms with E-state index in [0.717, 1.165) is 24.2 Å². The molecule has 1 aliphatic carbocycles. The van der Waals surface area contributed by atoms with Gasteiger partial charge in [0.2, 0.25) is 5.91 Å². The third kappa shape index (κ3) is 3.97. The maximum Gasteiger partial charge on any atom is 0.234 e. The van der Waals surface area contributed by atoms with Crippen LogP contribution in [0.3, 0.4) is 0 Å². The van der Waals surface area contributed by atoms with Gasteiger partial charge in [0.15, 0.2) is 0 Å². The zero-order valence-corrected chi connectivity index (χ0v) is 11.8. The van der Waals surface area contributed by atoms with Crippen molar-refractivity contribution >= 4 is 5.91 Å². The molecule has 0 radical (unpaired) electrons. The van der Waals surface area contributed by atoms with Crippen LogP contribution >= 0.6 is 0 Å². The molecule has 0 aromatic heterocycles. The van der Waals surface area contributed by atoms with Crippen LogP contribution in [0.15, 0.2) is 18.2 Å². The summed E-state index contributed by atoms with van der Waals surface area (Å²) in [4.78, 5) is 13.6. The lowest BCUT2D eigenvalue weighted by Crippen LogP contribution is -2.36. The number of nitriles is 1. The number of hydrogen-bond donors (Lipinski definition) is 1. The predicted octanol–water partition coefficient (Wildman–Crippen LogP) is 1.28. The third-order valence-electron chi connectivity index (χ3n) is 3.21. The lowest BCUT2D eigenvalue weighted by Gasteiger charge is -2.18. The van der Waals surface area contributed by atoms with Crippen molar-refractivity contribution in [2.24, 2.45) is 0 Å². The summed E-state index contributed by atoms with van der Waals surface area (Å²) in [5.41, 5.74) is 1.50. The van der Waals surface area contributed by atoms with E-state index < -0.39 is 0 Å². The number of carbonyl (C=O) groups excluding carboxylic acids is 1. The van der Waals surface area contributed by atoms with Crippen molar-refractivity contribution < 1.29 is 9.53 Å². The first kappa shape index (κ1) is 14.4. The Morgan fingerprint density at radius 1 is 1.55 bits per heavy atom. The average molecular weight is 273 g/mol. The topological polar surface area (TPSA) is 65.4 Å². The zero-order chi connectivity index (χ0) is 14.5. The van der Waals surface area contributed by atoms with Gasteiger partial charge in [-0.2, -0.15) is 5.26 Å². The van der Waals surface area contributed by atoms with E-state index in [-0.39, 0.29) is 5.91 Å². The van der Waals surface area contributed by atoms with Crippen LogP contribution in [0, 0.1) is 11.3 Å². The maximum absolute atomic E-state index is 11.7. The molecule has 1 aromatic carbocycles. The number of rotatable bonds is 6. The summed E-state index contributed by atoms with van der Waals surface area (Å²) in [7, 11) is 3.48. The van der Waals surface area contributed by atoms with Crippen LogP contribution in [0.5, 0.6) is 5.75 Å². The molecule has 0 heterocycles. The van der Waals surface area contributed by atoms with E-state index in [1.165, 1.54) is 0 Å². The second-order valence-electron chi connectivity index (χ2n) is 5.15. The van der Waals surface area contributed by atoms with Crippen LogP contribution in [0.4, 0.5) is 0 Å². The predicted molar refractivity (Wildman–Crippen MR) is 75.2 cm³/mol. The van der Waals surface area contributed by atoms with Gasteiger partial charge in [0.05, 0.1) is 25.3 Å². The quantitative estimate of drug-likeness (QED) is 0.848. The Balaban J connectivity index is 1.96. The highest BCUT2D eigenvalue weighted by molar-refractivity contribution is 5.78. The van der Waals surface area contributed by atoms with Crippen LogP contribution in [0.1, 0.15) is 24.0 Å². The van der Waals surface area contributed by atoms with E-state index >= 15 is 0 Å². The standard InChI is InChI=1S/C15H19N3O2/c1-18(10-15(19)17-13-4-5-13)9-12-7-11(8-16)3-6-14(12)20-2/h3,6-7,13H,4-5,9-10H2,1-2H3,(H,17,19). The average Bonchev–Trinajstić information content (AvgIpc) is 3.22. The fourth-order valence-corrected chi connectivity index (χ4v) is 2.06. The van der Waals surface area contributed by atoms with Gasteiger partial charge in [0.25, 0.3) is 0 Å². The molecule has 0 aliphatic heterocycles. The number of hydrogen-bond acceptors (Lipinski definition) is 4. The largest absolute Gasteiger partial charge is 0.496 e. The van der Waals surface area contributed by atoms with Crippen molar-refractivity contribution in [1.82, 2.24) is 10.2 Å². The third-order valence-corrected chi connectivity index (χ3v) is 3.21. The molecule has 0 saturated heterocycles. The van der Waals surface area contributed by atoms with Gasteiger partial charge in [-0.15, -0.1) is 0 Å². The smallest absolute Gasteiger partial charge is 0.234 e. The first-order valence-electron chi connectivity index (χ1n) is 6.67. The molecular weight excluding hydrogens is 254 g/mol. The van der Waals surface area contributed by atoms with E-state index in [1.807, 2.05) is 11.9 Å². The van der Waals surface area contributed by atoms with Crippen LogP contribution in [-0.2, 0) is 11.3 Å². The summed E-state index contributed by atoms with van der Waals surface area (Å²) in [6.07, 6.45) is 2.18. The number of carbonyl (C=O) groups is 1. The lowest BCUT2D eigenvalue weighted by atomic mass is 10.1. The molecule has 106 valence electrons. The fourth-order valence-electron chi connectivity index (χ4n) is 2.06. The van der Waals surface area contributed by atoms with E-state index in [0.29, 0.717) is 24.7 Å². The molecule has 0 atom stereocenters. The van der Waals surface area contributed by atoms with Crippen molar-refractivity contribution in [2.45, 2.75) is 25.4 Å². The van der Waals surface area contributed by atoms with E-state index in [1.54, 1.807) is 25.3 Å². The lowest BCUT2D eigenvalue weighted by molar-refractivity contribution is -0.122. The molecule has 0 bridgehead atoms. The Hall–Kier alpha value is -2.06. The molecule has 5 heteroatoms.